The van der Waals surface area contributed by atoms with Gasteiger partial charge in [0.1, 0.15) is 12.0 Å². The highest BCUT2D eigenvalue weighted by atomic mass is 35.5. The molecule has 5 heteroatoms. The fourth-order valence-corrected chi connectivity index (χ4v) is 1.07. The van der Waals surface area contributed by atoms with Gasteiger partial charge in [-0.3, -0.25) is 0 Å². The summed E-state index contributed by atoms with van der Waals surface area (Å²) < 4.78 is 18.2. The van der Waals surface area contributed by atoms with Crippen molar-refractivity contribution in [1.82, 2.24) is 9.97 Å². The second-order valence-electron chi connectivity index (χ2n) is 2.30. The Kier molecular flexibility index (Phi) is 1.98. The van der Waals surface area contributed by atoms with Crippen LogP contribution >= 0.6 is 11.6 Å². The molecule has 0 N–H and O–H groups in total. The van der Waals surface area contributed by atoms with E-state index in [-0.39, 0.29) is 10.8 Å². The molecule has 0 aromatic carbocycles. The van der Waals surface area contributed by atoms with Gasteiger partial charge in [0.2, 0.25) is 0 Å². The maximum atomic E-state index is 13.2. The predicted octanol–water partition coefficient (Wildman–Crippen LogP) is 2.53. The van der Waals surface area contributed by atoms with Gasteiger partial charge in [0, 0.05) is 0 Å². The monoisotopic (exact) mass is 198 g/mol. The number of rotatable bonds is 1. The van der Waals surface area contributed by atoms with Crippen LogP contribution in [0.3, 0.4) is 0 Å². The number of furan rings is 1. The van der Waals surface area contributed by atoms with Crippen LogP contribution in [0.1, 0.15) is 0 Å². The zero-order chi connectivity index (χ0) is 9.26. The smallest absolute Gasteiger partial charge is 0.189 e. The highest BCUT2D eigenvalue weighted by Gasteiger charge is 2.12. The molecule has 0 aliphatic rings. The lowest BCUT2D eigenvalue weighted by atomic mass is 10.3. The molecule has 0 aliphatic carbocycles. The van der Waals surface area contributed by atoms with Crippen molar-refractivity contribution in [2.45, 2.75) is 0 Å². The largest absolute Gasteiger partial charge is 0.463 e. The molecule has 0 unspecified atom stereocenters. The number of hydrogen-bond donors (Lipinski definition) is 0. The molecule has 3 nitrogen and oxygen atoms in total. The third-order valence-corrected chi connectivity index (χ3v) is 1.77. The van der Waals surface area contributed by atoms with E-state index < -0.39 is 5.82 Å². The Morgan fingerprint density at radius 1 is 1.38 bits per heavy atom. The van der Waals surface area contributed by atoms with Gasteiger partial charge in [0.05, 0.1) is 6.26 Å². The van der Waals surface area contributed by atoms with E-state index in [1.807, 2.05) is 0 Å². The van der Waals surface area contributed by atoms with Crippen molar-refractivity contribution in [2.24, 2.45) is 0 Å². The SMILES string of the molecule is Fc1c(Cl)ncnc1-c1ccco1. The first-order valence-corrected chi connectivity index (χ1v) is 3.86. The molecule has 0 spiro atoms. The summed E-state index contributed by atoms with van der Waals surface area (Å²) in [6.07, 6.45) is 2.62. The minimum absolute atomic E-state index is 0.0741. The third kappa shape index (κ3) is 1.40. The van der Waals surface area contributed by atoms with Crippen molar-refractivity contribution >= 4 is 11.6 Å². The highest BCUT2D eigenvalue weighted by molar-refractivity contribution is 6.29. The molecular formula is C8H4ClFN2O. The third-order valence-electron chi connectivity index (χ3n) is 1.50. The van der Waals surface area contributed by atoms with E-state index in [0.29, 0.717) is 5.76 Å². The van der Waals surface area contributed by atoms with Crippen LogP contribution in [0.5, 0.6) is 0 Å². The van der Waals surface area contributed by atoms with Gasteiger partial charge in [0.15, 0.2) is 16.7 Å². The average Bonchev–Trinajstić information content (AvgIpc) is 2.62. The number of nitrogens with zero attached hydrogens (tertiary/aromatic N) is 2. The zero-order valence-electron chi connectivity index (χ0n) is 6.37. The molecule has 2 rings (SSSR count). The summed E-state index contributed by atoms with van der Waals surface area (Å²) in [5.74, 6) is -0.332. The van der Waals surface area contributed by atoms with E-state index in [1.165, 1.54) is 12.6 Å². The topological polar surface area (TPSA) is 38.9 Å². The van der Waals surface area contributed by atoms with Crippen molar-refractivity contribution in [3.8, 4) is 11.5 Å². The quantitative estimate of drug-likeness (QED) is 0.661. The average molecular weight is 199 g/mol. The zero-order valence-corrected chi connectivity index (χ0v) is 7.12. The molecule has 66 valence electrons. The second kappa shape index (κ2) is 3.14. The first-order valence-electron chi connectivity index (χ1n) is 3.49. The Morgan fingerprint density at radius 3 is 2.92 bits per heavy atom. The van der Waals surface area contributed by atoms with E-state index >= 15 is 0 Å². The van der Waals surface area contributed by atoms with Crippen molar-refractivity contribution in [1.29, 1.82) is 0 Å². The van der Waals surface area contributed by atoms with Crippen LogP contribution in [-0.4, -0.2) is 9.97 Å². The van der Waals surface area contributed by atoms with Crippen LogP contribution in [0.2, 0.25) is 5.15 Å². The van der Waals surface area contributed by atoms with Crippen LogP contribution in [0.25, 0.3) is 11.5 Å². The Hall–Kier alpha value is -1.42. The molecule has 0 radical (unpaired) electrons. The van der Waals surface area contributed by atoms with Gasteiger partial charge in [-0.25, -0.2) is 14.4 Å². The van der Waals surface area contributed by atoms with Crippen LogP contribution in [0.4, 0.5) is 4.39 Å². The fraction of sp³-hybridized carbons (Fsp3) is 0. The Bertz CT molecular complexity index is 416. The summed E-state index contributed by atoms with van der Waals surface area (Å²) in [7, 11) is 0. The minimum Gasteiger partial charge on any atom is -0.463 e. The maximum Gasteiger partial charge on any atom is 0.189 e. The van der Waals surface area contributed by atoms with Crippen molar-refractivity contribution < 1.29 is 8.81 Å². The summed E-state index contributed by atoms with van der Waals surface area (Å²) in [4.78, 5) is 7.20. The second-order valence-corrected chi connectivity index (χ2v) is 2.66. The van der Waals surface area contributed by atoms with E-state index in [9.17, 15) is 4.39 Å². The fourth-order valence-electron chi connectivity index (χ4n) is 0.933. The first kappa shape index (κ1) is 8.19. The molecule has 0 fully saturated rings. The molecule has 2 aromatic heterocycles. The lowest BCUT2D eigenvalue weighted by molar-refractivity contribution is 0.562. The minimum atomic E-state index is -0.667. The molecule has 0 saturated carbocycles. The van der Waals surface area contributed by atoms with Crippen molar-refractivity contribution in [3.05, 3.63) is 35.7 Å². The van der Waals surface area contributed by atoms with E-state index in [1.54, 1.807) is 12.1 Å². The van der Waals surface area contributed by atoms with Gasteiger partial charge >= 0.3 is 0 Å². The van der Waals surface area contributed by atoms with Gasteiger partial charge < -0.3 is 4.42 Å². The van der Waals surface area contributed by atoms with Crippen molar-refractivity contribution in [2.75, 3.05) is 0 Å². The molecule has 0 aliphatic heterocycles. The van der Waals surface area contributed by atoms with Gasteiger partial charge in [0.25, 0.3) is 0 Å². The summed E-state index contributed by atoms with van der Waals surface area (Å²) in [6, 6.07) is 3.24. The number of halogens is 2. The van der Waals surface area contributed by atoms with Gasteiger partial charge in [-0.2, -0.15) is 0 Å². The lowest BCUT2D eigenvalue weighted by Crippen LogP contribution is -1.91. The normalized spacial score (nSPS) is 10.3. The van der Waals surface area contributed by atoms with Crippen LogP contribution in [0.15, 0.2) is 29.1 Å². The van der Waals surface area contributed by atoms with Gasteiger partial charge in [-0.15, -0.1) is 0 Å². The van der Waals surface area contributed by atoms with E-state index in [4.69, 9.17) is 16.0 Å². The highest BCUT2D eigenvalue weighted by Crippen LogP contribution is 2.23. The van der Waals surface area contributed by atoms with E-state index in [2.05, 4.69) is 9.97 Å². The predicted molar refractivity (Wildman–Crippen MR) is 44.7 cm³/mol. The maximum absolute atomic E-state index is 13.2. The first-order chi connectivity index (χ1) is 6.29. The van der Waals surface area contributed by atoms with Crippen LogP contribution in [0, 0.1) is 5.82 Å². The van der Waals surface area contributed by atoms with Crippen molar-refractivity contribution in [3.63, 3.8) is 0 Å². The Morgan fingerprint density at radius 2 is 2.23 bits per heavy atom. The van der Waals surface area contributed by atoms with Crippen LogP contribution in [-0.2, 0) is 0 Å². The van der Waals surface area contributed by atoms with Gasteiger partial charge in [-0.1, -0.05) is 11.6 Å². The lowest BCUT2D eigenvalue weighted by Gasteiger charge is -1.97. The van der Waals surface area contributed by atoms with E-state index in [0.717, 1.165) is 0 Å². The molecule has 2 heterocycles. The molecule has 0 atom stereocenters. The molecule has 2 aromatic rings. The number of aromatic nitrogens is 2. The van der Waals surface area contributed by atoms with Gasteiger partial charge in [-0.05, 0) is 12.1 Å². The molecule has 13 heavy (non-hydrogen) atoms. The Balaban J connectivity index is 2.59. The van der Waals surface area contributed by atoms with Crippen LogP contribution < -0.4 is 0 Å². The summed E-state index contributed by atoms with van der Waals surface area (Å²) >= 11 is 5.46. The summed E-state index contributed by atoms with van der Waals surface area (Å²) in [5.41, 5.74) is 0.0741. The summed E-state index contributed by atoms with van der Waals surface area (Å²) in [6.45, 7) is 0. The molecule has 0 amide bonds. The standard InChI is InChI=1S/C8H4ClFN2O/c9-8-6(10)7(11-4-12-8)5-2-1-3-13-5/h1-4H. The molecule has 0 bridgehead atoms. The Labute approximate surface area is 78.2 Å². The molecule has 0 saturated heterocycles. The molecular weight excluding hydrogens is 195 g/mol. The summed E-state index contributed by atoms with van der Waals surface area (Å²) in [5, 5.41) is -0.207. The number of hydrogen-bond acceptors (Lipinski definition) is 3.